The molecule has 1 N–H and O–H groups in total. The molecular formula is C23H34N4O3. The Hall–Kier alpha value is -2.15. The van der Waals surface area contributed by atoms with Gasteiger partial charge in [0.25, 0.3) is 5.91 Å². The third-order valence-corrected chi connectivity index (χ3v) is 7.04. The van der Waals surface area contributed by atoms with Gasteiger partial charge in [0.05, 0.1) is 18.6 Å². The molecule has 4 rings (SSSR count). The van der Waals surface area contributed by atoms with Crippen molar-refractivity contribution in [3.8, 4) is 5.88 Å². The van der Waals surface area contributed by atoms with Gasteiger partial charge in [-0.2, -0.15) is 0 Å². The molecule has 3 fully saturated rings. The van der Waals surface area contributed by atoms with E-state index in [1.807, 2.05) is 4.90 Å². The van der Waals surface area contributed by atoms with Crippen LogP contribution in [0.1, 0.15) is 61.7 Å². The molecule has 1 saturated carbocycles. The fourth-order valence-corrected chi connectivity index (χ4v) is 5.28. The Kier molecular flexibility index (Phi) is 6.87. The summed E-state index contributed by atoms with van der Waals surface area (Å²) >= 11 is 0. The number of rotatable bonds is 5. The number of ether oxygens (including phenoxy) is 1. The van der Waals surface area contributed by atoms with Crippen LogP contribution in [-0.2, 0) is 4.79 Å². The van der Waals surface area contributed by atoms with Crippen molar-refractivity contribution in [1.29, 1.82) is 0 Å². The number of aromatic nitrogens is 1. The lowest BCUT2D eigenvalue weighted by Gasteiger charge is -2.41. The number of hydrogen-bond donors (Lipinski definition) is 1. The summed E-state index contributed by atoms with van der Waals surface area (Å²) in [6.45, 7) is 4.13. The highest BCUT2D eigenvalue weighted by atomic mass is 16.5. The van der Waals surface area contributed by atoms with Crippen LogP contribution in [0, 0.1) is 5.92 Å². The van der Waals surface area contributed by atoms with Gasteiger partial charge in [-0.25, -0.2) is 4.98 Å². The highest BCUT2D eigenvalue weighted by molar-refractivity contribution is 5.94. The van der Waals surface area contributed by atoms with Crippen molar-refractivity contribution >= 4 is 11.8 Å². The maximum Gasteiger partial charge on any atom is 0.253 e. The Labute approximate surface area is 179 Å². The van der Waals surface area contributed by atoms with Crippen LogP contribution in [0.3, 0.4) is 0 Å². The molecule has 1 aliphatic carbocycles. The largest absolute Gasteiger partial charge is 0.481 e. The van der Waals surface area contributed by atoms with Crippen molar-refractivity contribution in [2.45, 2.75) is 63.5 Å². The number of likely N-dealkylation sites (tertiary alicyclic amines) is 2. The van der Waals surface area contributed by atoms with Crippen LogP contribution >= 0.6 is 0 Å². The molecule has 7 nitrogen and oxygen atoms in total. The normalized spacial score (nSPS) is 25.8. The van der Waals surface area contributed by atoms with E-state index in [4.69, 9.17) is 4.74 Å². The van der Waals surface area contributed by atoms with Gasteiger partial charge in [-0.3, -0.25) is 9.59 Å². The molecule has 3 aliphatic rings. The number of methoxy groups -OCH3 is 1. The molecule has 1 aromatic rings. The number of carbonyl (C=O) groups is 2. The fraction of sp³-hybridized carbons (Fsp3) is 0.696. The van der Waals surface area contributed by atoms with Gasteiger partial charge in [0, 0.05) is 37.4 Å². The summed E-state index contributed by atoms with van der Waals surface area (Å²) in [6, 6.07) is 3.93. The smallest absolute Gasteiger partial charge is 0.253 e. The van der Waals surface area contributed by atoms with Crippen molar-refractivity contribution in [2.24, 2.45) is 5.92 Å². The van der Waals surface area contributed by atoms with Crippen molar-refractivity contribution in [2.75, 3.05) is 33.3 Å². The number of nitrogens with zero attached hydrogens (tertiary/aromatic N) is 3. The van der Waals surface area contributed by atoms with Crippen LogP contribution in [0.15, 0.2) is 18.3 Å². The standard InChI is InChI=1S/C23H34N4O3/c1-30-21-9-8-17(16-24-21)22(28)25-20-7-5-6-19(20)23(29)27-14-10-18(11-15-27)26-12-3-2-4-13-26/h8-9,16,18-20H,2-7,10-15H2,1H3,(H,25,28)/t19-,20+/m0/s1. The summed E-state index contributed by atoms with van der Waals surface area (Å²) in [6.07, 6.45) is 10.3. The summed E-state index contributed by atoms with van der Waals surface area (Å²) in [4.78, 5) is 34.6. The van der Waals surface area contributed by atoms with Crippen LogP contribution < -0.4 is 10.1 Å². The van der Waals surface area contributed by atoms with Crippen LogP contribution in [0.5, 0.6) is 5.88 Å². The molecular weight excluding hydrogens is 380 g/mol. The maximum absolute atomic E-state index is 13.2. The minimum absolute atomic E-state index is 0.0908. The van der Waals surface area contributed by atoms with Gasteiger partial charge >= 0.3 is 0 Å². The third kappa shape index (κ3) is 4.77. The van der Waals surface area contributed by atoms with Gasteiger partial charge < -0.3 is 19.9 Å². The van der Waals surface area contributed by atoms with Gasteiger partial charge in [-0.05, 0) is 57.7 Å². The zero-order valence-electron chi connectivity index (χ0n) is 18.0. The molecule has 30 heavy (non-hydrogen) atoms. The van der Waals surface area contributed by atoms with Gasteiger partial charge in [0.1, 0.15) is 0 Å². The monoisotopic (exact) mass is 414 g/mol. The Morgan fingerprint density at radius 1 is 1.00 bits per heavy atom. The molecule has 2 amide bonds. The van der Waals surface area contributed by atoms with E-state index < -0.39 is 0 Å². The van der Waals surface area contributed by atoms with E-state index in [0.717, 1.165) is 45.2 Å². The van der Waals surface area contributed by atoms with E-state index in [1.54, 1.807) is 19.2 Å². The minimum Gasteiger partial charge on any atom is -0.481 e. The molecule has 0 radical (unpaired) electrons. The Bertz CT molecular complexity index is 724. The number of carbonyl (C=O) groups excluding carboxylic acids is 2. The van der Waals surface area contributed by atoms with Crippen LogP contribution in [0.2, 0.25) is 0 Å². The fourth-order valence-electron chi connectivity index (χ4n) is 5.28. The first-order valence-electron chi connectivity index (χ1n) is 11.5. The van der Waals surface area contributed by atoms with Gasteiger partial charge in [0.15, 0.2) is 0 Å². The molecule has 0 aromatic carbocycles. The van der Waals surface area contributed by atoms with E-state index >= 15 is 0 Å². The molecule has 164 valence electrons. The van der Waals surface area contributed by atoms with Crippen LogP contribution in [-0.4, -0.2) is 72.0 Å². The second kappa shape index (κ2) is 9.77. The van der Waals surface area contributed by atoms with E-state index in [1.165, 1.54) is 38.5 Å². The average molecular weight is 415 g/mol. The molecule has 2 atom stereocenters. The highest BCUT2D eigenvalue weighted by Crippen LogP contribution is 2.30. The van der Waals surface area contributed by atoms with E-state index in [2.05, 4.69) is 15.2 Å². The average Bonchev–Trinajstić information content (AvgIpc) is 3.27. The number of pyridine rings is 1. The topological polar surface area (TPSA) is 74.8 Å². The first-order chi connectivity index (χ1) is 14.7. The van der Waals surface area contributed by atoms with Crippen LogP contribution in [0.25, 0.3) is 0 Å². The predicted octanol–water partition coefficient (Wildman–Crippen LogP) is 2.47. The molecule has 1 aromatic heterocycles. The number of piperidine rings is 2. The first kappa shape index (κ1) is 21.1. The Morgan fingerprint density at radius 3 is 2.43 bits per heavy atom. The summed E-state index contributed by atoms with van der Waals surface area (Å²) in [5.74, 6) is 0.432. The Morgan fingerprint density at radius 2 is 1.77 bits per heavy atom. The van der Waals surface area contributed by atoms with E-state index in [0.29, 0.717) is 17.5 Å². The van der Waals surface area contributed by atoms with Crippen LogP contribution in [0.4, 0.5) is 0 Å². The Balaban J connectivity index is 1.30. The van der Waals surface area contributed by atoms with Crippen molar-refractivity contribution in [3.63, 3.8) is 0 Å². The molecule has 2 aliphatic heterocycles. The molecule has 3 heterocycles. The second-order valence-corrected chi connectivity index (χ2v) is 8.86. The van der Waals surface area contributed by atoms with Gasteiger partial charge in [0.2, 0.25) is 11.8 Å². The summed E-state index contributed by atoms with van der Waals surface area (Å²) in [7, 11) is 1.55. The lowest BCUT2D eigenvalue weighted by atomic mass is 9.96. The summed E-state index contributed by atoms with van der Waals surface area (Å²) in [5, 5.41) is 3.09. The molecule has 0 bridgehead atoms. The number of hydrogen-bond acceptors (Lipinski definition) is 5. The lowest BCUT2D eigenvalue weighted by Crippen LogP contribution is -2.51. The zero-order valence-corrected chi connectivity index (χ0v) is 18.0. The second-order valence-electron chi connectivity index (χ2n) is 8.86. The quantitative estimate of drug-likeness (QED) is 0.801. The molecule has 7 heteroatoms. The highest BCUT2D eigenvalue weighted by Gasteiger charge is 2.38. The van der Waals surface area contributed by atoms with Gasteiger partial charge in [-0.1, -0.05) is 12.8 Å². The van der Waals surface area contributed by atoms with Crippen molar-refractivity contribution in [3.05, 3.63) is 23.9 Å². The third-order valence-electron chi connectivity index (χ3n) is 7.04. The number of amides is 2. The molecule has 2 saturated heterocycles. The minimum atomic E-state index is -0.168. The maximum atomic E-state index is 13.2. The predicted molar refractivity (Wildman–Crippen MR) is 114 cm³/mol. The number of nitrogens with one attached hydrogen (secondary N) is 1. The van der Waals surface area contributed by atoms with Crippen molar-refractivity contribution < 1.29 is 14.3 Å². The summed E-state index contributed by atoms with van der Waals surface area (Å²) < 4.78 is 5.05. The van der Waals surface area contributed by atoms with E-state index in [-0.39, 0.29) is 23.8 Å². The summed E-state index contributed by atoms with van der Waals surface area (Å²) in [5.41, 5.74) is 0.497. The first-order valence-corrected chi connectivity index (χ1v) is 11.5. The van der Waals surface area contributed by atoms with Crippen molar-refractivity contribution in [1.82, 2.24) is 20.1 Å². The van der Waals surface area contributed by atoms with Gasteiger partial charge in [-0.15, -0.1) is 0 Å². The SMILES string of the molecule is COc1ccc(C(=O)N[C@@H]2CCC[C@@H]2C(=O)N2CCC(N3CCCCC3)CC2)cn1. The van der Waals surface area contributed by atoms with E-state index in [9.17, 15) is 9.59 Å². The lowest BCUT2D eigenvalue weighted by molar-refractivity contribution is -0.137. The molecule has 0 unspecified atom stereocenters. The molecule has 0 spiro atoms. The zero-order chi connectivity index (χ0) is 20.9.